The quantitative estimate of drug-likeness (QED) is 0.448. The molecule has 0 spiro atoms. The first-order chi connectivity index (χ1) is 13.3. The topological polar surface area (TPSA) is 46.5 Å². The van der Waals surface area contributed by atoms with Gasteiger partial charge < -0.3 is 9.84 Å². The van der Waals surface area contributed by atoms with Crippen LogP contribution in [-0.4, -0.2) is 11.1 Å². The Balaban J connectivity index is 1.78. The van der Waals surface area contributed by atoms with Gasteiger partial charge in [0.25, 0.3) is 0 Å². The van der Waals surface area contributed by atoms with E-state index in [1.807, 2.05) is 12.1 Å². The molecule has 1 N–H and O–H groups in total. The lowest BCUT2D eigenvalue weighted by Crippen LogP contribution is -2.03. The van der Waals surface area contributed by atoms with E-state index < -0.39 is 17.6 Å². The van der Waals surface area contributed by atoms with E-state index in [9.17, 15) is 13.6 Å². The number of ether oxygens (including phenoxy) is 1. The first-order valence-corrected chi connectivity index (χ1v) is 9.78. The van der Waals surface area contributed by atoms with E-state index >= 15 is 0 Å². The third-order valence-corrected chi connectivity index (χ3v) is 5.52. The SMILES string of the molecule is O=C(O)CCc1ccc(OCc2sc(Cl)cc2-c2ccc(Cl)cc2)c(F)c1F. The number of benzene rings is 2. The van der Waals surface area contributed by atoms with Crippen molar-refractivity contribution < 1.29 is 23.4 Å². The summed E-state index contributed by atoms with van der Waals surface area (Å²) in [5.41, 5.74) is 1.70. The molecule has 0 unspecified atom stereocenters. The minimum atomic E-state index is -1.14. The van der Waals surface area contributed by atoms with Crippen molar-refractivity contribution in [3.63, 3.8) is 0 Å². The Morgan fingerprint density at radius 3 is 2.46 bits per heavy atom. The van der Waals surface area contributed by atoms with Crippen LogP contribution in [0.25, 0.3) is 11.1 Å². The van der Waals surface area contributed by atoms with E-state index in [1.54, 1.807) is 18.2 Å². The van der Waals surface area contributed by atoms with Crippen LogP contribution < -0.4 is 4.74 Å². The molecule has 2 aromatic carbocycles. The van der Waals surface area contributed by atoms with E-state index in [-0.39, 0.29) is 30.8 Å². The number of rotatable bonds is 7. The highest BCUT2D eigenvalue weighted by molar-refractivity contribution is 7.16. The van der Waals surface area contributed by atoms with Crippen molar-refractivity contribution in [2.24, 2.45) is 0 Å². The van der Waals surface area contributed by atoms with Gasteiger partial charge in [-0.1, -0.05) is 41.4 Å². The van der Waals surface area contributed by atoms with E-state index in [0.29, 0.717) is 9.36 Å². The third-order valence-electron chi connectivity index (χ3n) is 4.03. The van der Waals surface area contributed by atoms with Gasteiger partial charge in [-0.3, -0.25) is 4.79 Å². The molecule has 3 rings (SSSR count). The zero-order valence-electron chi connectivity index (χ0n) is 14.3. The maximum Gasteiger partial charge on any atom is 0.303 e. The van der Waals surface area contributed by atoms with Crippen molar-refractivity contribution in [1.82, 2.24) is 0 Å². The lowest BCUT2D eigenvalue weighted by atomic mass is 10.1. The molecule has 0 amide bonds. The molecular weight excluding hydrogens is 429 g/mol. The molecular formula is C20H14Cl2F2O3S. The number of thiophene rings is 1. The third kappa shape index (κ3) is 4.82. The first-order valence-electron chi connectivity index (χ1n) is 8.20. The zero-order chi connectivity index (χ0) is 20.3. The monoisotopic (exact) mass is 442 g/mol. The number of hydrogen-bond donors (Lipinski definition) is 1. The molecule has 3 nitrogen and oxygen atoms in total. The Kier molecular flexibility index (Phi) is 6.54. The normalized spacial score (nSPS) is 10.9. The summed E-state index contributed by atoms with van der Waals surface area (Å²) in [6.07, 6.45) is -0.381. The van der Waals surface area contributed by atoms with Crippen molar-refractivity contribution in [3.8, 4) is 16.9 Å². The minimum Gasteiger partial charge on any atom is -0.485 e. The second-order valence-corrected chi connectivity index (χ2v) is 8.13. The van der Waals surface area contributed by atoms with E-state index in [2.05, 4.69) is 0 Å². The Bertz CT molecular complexity index is 1000. The fourth-order valence-corrected chi connectivity index (χ4v) is 3.97. The van der Waals surface area contributed by atoms with Gasteiger partial charge in [-0.05, 0) is 41.8 Å². The molecule has 0 aliphatic carbocycles. The molecule has 0 aliphatic heterocycles. The van der Waals surface area contributed by atoms with Crippen LogP contribution in [0.5, 0.6) is 5.75 Å². The highest BCUT2D eigenvalue weighted by Gasteiger charge is 2.17. The van der Waals surface area contributed by atoms with Gasteiger partial charge in [0.05, 0.1) is 9.21 Å². The molecule has 0 aliphatic rings. The van der Waals surface area contributed by atoms with Crippen LogP contribution in [0.15, 0.2) is 42.5 Å². The van der Waals surface area contributed by atoms with Crippen LogP contribution in [0.4, 0.5) is 8.78 Å². The smallest absolute Gasteiger partial charge is 0.303 e. The van der Waals surface area contributed by atoms with Crippen LogP contribution in [0.2, 0.25) is 9.36 Å². The second kappa shape index (κ2) is 8.90. The molecule has 0 atom stereocenters. The molecule has 28 heavy (non-hydrogen) atoms. The van der Waals surface area contributed by atoms with Gasteiger partial charge in [0.2, 0.25) is 5.82 Å². The van der Waals surface area contributed by atoms with Gasteiger partial charge in [0.15, 0.2) is 11.6 Å². The van der Waals surface area contributed by atoms with Gasteiger partial charge in [-0.25, -0.2) is 4.39 Å². The molecule has 0 saturated carbocycles. The molecule has 0 radical (unpaired) electrons. The number of carbonyl (C=O) groups is 1. The molecule has 8 heteroatoms. The molecule has 146 valence electrons. The fourth-order valence-electron chi connectivity index (χ4n) is 2.64. The minimum absolute atomic E-state index is 0.000178. The summed E-state index contributed by atoms with van der Waals surface area (Å²) in [6.45, 7) is 0.000178. The maximum absolute atomic E-state index is 14.3. The number of aryl methyl sites for hydroxylation is 1. The lowest BCUT2D eigenvalue weighted by Gasteiger charge is -2.10. The van der Waals surface area contributed by atoms with Crippen molar-refractivity contribution >= 4 is 40.5 Å². The van der Waals surface area contributed by atoms with Crippen LogP contribution in [0, 0.1) is 11.6 Å². The Labute approximate surface area is 174 Å². The Hall–Kier alpha value is -2.15. The summed E-state index contributed by atoms with van der Waals surface area (Å²) in [6, 6.07) is 11.6. The Morgan fingerprint density at radius 1 is 1.07 bits per heavy atom. The number of halogens is 4. The van der Waals surface area contributed by atoms with Gasteiger partial charge >= 0.3 is 5.97 Å². The summed E-state index contributed by atoms with van der Waals surface area (Å²) in [4.78, 5) is 11.4. The highest BCUT2D eigenvalue weighted by atomic mass is 35.5. The average molecular weight is 443 g/mol. The fraction of sp³-hybridized carbons (Fsp3) is 0.150. The van der Waals surface area contributed by atoms with Gasteiger partial charge in [0.1, 0.15) is 6.61 Å². The van der Waals surface area contributed by atoms with E-state index in [0.717, 1.165) is 16.0 Å². The summed E-state index contributed by atoms with van der Waals surface area (Å²) in [5, 5.41) is 9.28. The van der Waals surface area contributed by atoms with Crippen LogP contribution in [-0.2, 0) is 17.8 Å². The van der Waals surface area contributed by atoms with Gasteiger partial charge in [0, 0.05) is 17.0 Å². The summed E-state index contributed by atoms with van der Waals surface area (Å²) in [7, 11) is 0. The van der Waals surface area contributed by atoms with Crippen molar-refractivity contribution in [3.05, 3.63) is 73.9 Å². The van der Waals surface area contributed by atoms with Crippen molar-refractivity contribution in [1.29, 1.82) is 0 Å². The van der Waals surface area contributed by atoms with E-state index in [4.69, 9.17) is 33.0 Å². The summed E-state index contributed by atoms with van der Waals surface area (Å²) >= 11 is 13.3. The summed E-state index contributed by atoms with van der Waals surface area (Å²) < 4.78 is 34.4. The molecule has 0 bridgehead atoms. The molecule has 1 aromatic heterocycles. The Morgan fingerprint density at radius 2 is 1.79 bits per heavy atom. The zero-order valence-corrected chi connectivity index (χ0v) is 16.7. The predicted molar refractivity (Wildman–Crippen MR) is 106 cm³/mol. The predicted octanol–water partition coefficient (Wildman–Crippen LogP) is 6.60. The van der Waals surface area contributed by atoms with Gasteiger partial charge in [-0.2, -0.15) is 4.39 Å². The van der Waals surface area contributed by atoms with Crippen LogP contribution >= 0.6 is 34.5 Å². The maximum atomic E-state index is 14.3. The average Bonchev–Trinajstić information content (AvgIpc) is 3.03. The van der Waals surface area contributed by atoms with E-state index in [1.165, 1.54) is 23.5 Å². The largest absolute Gasteiger partial charge is 0.485 e. The number of carboxylic acids is 1. The molecule has 0 fully saturated rings. The van der Waals surface area contributed by atoms with Gasteiger partial charge in [-0.15, -0.1) is 11.3 Å². The first kappa shape index (κ1) is 20.6. The summed E-state index contributed by atoms with van der Waals surface area (Å²) in [5.74, 6) is -3.56. The molecule has 3 aromatic rings. The van der Waals surface area contributed by atoms with Crippen molar-refractivity contribution in [2.75, 3.05) is 0 Å². The number of aliphatic carboxylic acids is 1. The van der Waals surface area contributed by atoms with Crippen molar-refractivity contribution in [2.45, 2.75) is 19.4 Å². The van der Waals surface area contributed by atoms with Crippen LogP contribution in [0.3, 0.4) is 0 Å². The molecule has 1 heterocycles. The van der Waals surface area contributed by atoms with Crippen LogP contribution in [0.1, 0.15) is 16.9 Å². The number of carboxylic acid groups (broad SMARTS) is 1. The molecule has 0 saturated heterocycles. The number of hydrogen-bond acceptors (Lipinski definition) is 3. The highest BCUT2D eigenvalue weighted by Crippen LogP contribution is 2.36. The second-order valence-electron chi connectivity index (χ2n) is 5.93. The lowest BCUT2D eigenvalue weighted by molar-refractivity contribution is -0.136. The standard InChI is InChI=1S/C20H14Cl2F2O3S/c21-13-5-1-11(2-6-13)14-9-17(22)28-16(14)10-27-15-7-3-12(4-8-18(25)26)19(23)20(15)24/h1-3,5-7,9H,4,8,10H2,(H,25,26).